The highest BCUT2D eigenvalue weighted by Crippen LogP contribution is 2.35. The molecule has 0 spiro atoms. The second-order valence-corrected chi connectivity index (χ2v) is 5.77. The molecule has 1 rings (SSSR count). The van der Waals surface area contributed by atoms with Crippen molar-refractivity contribution in [2.75, 3.05) is 17.5 Å². The van der Waals surface area contributed by atoms with Crippen LogP contribution in [0.3, 0.4) is 0 Å². The maximum atomic E-state index is 12.2. The van der Waals surface area contributed by atoms with Crippen molar-refractivity contribution >= 4 is 45.2 Å². The van der Waals surface area contributed by atoms with Gasteiger partial charge in [0, 0.05) is 6.54 Å². The van der Waals surface area contributed by atoms with Crippen LogP contribution in [-0.2, 0) is 10.3 Å². The van der Waals surface area contributed by atoms with E-state index in [-0.39, 0.29) is 17.1 Å². The van der Waals surface area contributed by atoms with Gasteiger partial charge in [0.2, 0.25) is 0 Å². The number of rotatable bonds is 6. The minimum absolute atomic E-state index is 0.188. The molecule has 0 bridgehead atoms. The molecule has 0 aliphatic heterocycles. The maximum absolute atomic E-state index is 12.2. The normalized spacial score (nSPS) is 11.4. The van der Waals surface area contributed by atoms with Crippen molar-refractivity contribution in [3.8, 4) is 0 Å². The lowest BCUT2D eigenvalue weighted by Crippen LogP contribution is -2.32. The molecular weight excluding hydrogens is 336 g/mol. The van der Waals surface area contributed by atoms with E-state index in [1.165, 1.54) is 0 Å². The van der Waals surface area contributed by atoms with Gasteiger partial charge in [-0.1, -0.05) is 23.2 Å². The minimum atomic E-state index is -4.72. The molecule has 0 heterocycles. The van der Waals surface area contributed by atoms with Crippen LogP contribution in [0.25, 0.3) is 0 Å². The van der Waals surface area contributed by atoms with Gasteiger partial charge < -0.3 is 5.11 Å². The van der Waals surface area contributed by atoms with E-state index in [1.54, 1.807) is 0 Å². The zero-order valence-electron chi connectivity index (χ0n) is 9.88. The SMILES string of the molecule is O=C(O)c1c(Cl)ccc(N(CCCF)S(=O)(=O)O)c1Cl. The Kier molecular flexibility index (Phi) is 5.58. The third kappa shape index (κ3) is 3.72. The van der Waals surface area contributed by atoms with Gasteiger partial charge in [0.15, 0.2) is 0 Å². The van der Waals surface area contributed by atoms with E-state index in [1.807, 2.05) is 0 Å². The van der Waals surface area contributed by atoms with Crippen molar-refractivity contribution in [3.05, 3.63) is 27.7 Å². The zero-order valence-corrected chi connectivity index (χ0v) is 12.2. The number of carboxylic acid groups (broad SMARTS) is 1. The number of hydrogen-bond donors (Lipinski definition) is 2. The average molecular weight is 346 g/mol. The van der Waals surface area contributed by atoms with Crippen molar-refractivity contribution in [2.45, 2.75) is 6.42 Å². The van der Waals surface area contributed by atoms with Gasteiger partial charge in [-0.3, -0.25) is 8.94 Å². The van der Waals surface area contributed by atoms with Crippen LogP contribution in [0.15, 0.2) is 12.1 Å². The van der Waals surface area contributed by atoms with E-state index < -0.39 is 40.1 Å². The fourth-order valence-corrected chi connectivity index (χ4v) is 2.94. The molecule has 2 N–H and O–H groups in total. The summed E-state index contributed by atoms with van der Waals surface area (Å²) in [6.07, 6.45) is -0.193. The summed E-state index contributed by atoms with van der Waals surface area (Å²) in [7, 11) is -4.72. The van der Waals surface area contributed by atoms with Crippen molar-refractivity contribution in [2.24, 2.45) is 0 Å². The molecule has 0 fully saturated rings. The van der Waals surface area contributed by atoms with E-state index in [4.69, 9.17) is 32.9 Å². The van der Waals surface area contributed by atoms with Gasteiger partial charge in [0.05, 0.1) is 28.0 Å². The van der Waals surface area contributed by atoms with Gasteiger partial charge in [0.25, 0.3) is 0 Å². The van der Waals surface area contributed by atoms with E-state index in [0.29, 0.717) is 4.31 Å². The first-order valence-electron chi connectivity index (χ1n) is 5.22. The Balaban J connectivity index is 3.42. The Labute approximate surface area is 124 Å². The third-order valence-electron chi connectivity index (χ3n) is 2.33. The lowest BCUT2D eigenvalue weighted by Gasteiger charge is -2.22. The fourth-order valence-electron chi connectivity index (χ4n) is 1.49. The average Bonchev–Trinajstić information content (AvgIpc) is 2.30. The molecule has 0 aliphatic carbocycles. The highest BCUT2D eigenvalue weighted by molar-refractivity contribution is 7.87. The van der Waals surface area contributed by atoms with Crippen LogP contribution in [0, 0.1) is 0 Å². The number of carbonyl (C=O) groups is 1. The summed E-state index contributed by atoms with van der Waals surface area (Å²) < 4.78 is 44.3. The second-order valence-electron chi connectivity index (χ2n) is 3.65. The minimum Gasteiger partial charge on any atom is -0.478 e. The third-order valence-corrected chi connectivity index (χ3v) is 3.96. The predicted octanol–water partition coefficient (Wildman–Crippen LogP) is 2.66. The van der Waals surface area contributed by atoms with Gasteiger partial charge in [-0.05, 0) is 18.6 Å². The smallest absolute Gasteiger partial charge is 0.360 e. The van der Waals surface area contributed by atoms with Gasteiger partial charge >= 0.3 is 16.3 Å². The lowest BCUT2D eigenvalue weighted by atomic mass is 10.2. The van der Waals surface area contributed by atoms with Gasteiger partial charge in [-0.15, -0.1) is 0 Å². The first kappa shape index (κ1) is 17.0. The van der Waals surface area contributed by atoms with Crippen LogP contribution in [0.5, 0.6) is 0 Å². The van der Waals surface area contributed by atoms with Gasteiger partial charge in [0.1, 0.15) is 0 Å². The topological polar surface area (TPSA) is 94.9 Å². The number of benzene rings is 1. The Morgan fingerprint density at radius 2 is 1.95 bits per heavy atom. The molecule has 20 heavy (non-hydrogen) atoms. The van der Waals surface area contributed by atoms with E-state index in [2.05, 4.69) is 0 Å². The molecule has 0 saturated carbocycles. The molecule has 0 aromatic heterocycles. The summed E-state index contributed by atoms with van der Waals surface area (Å²) >= 11 is 11.5. The first-order chi connectivity index (χ1) is 9.20. The summed E-state index contributed by atoms with van der Waals surface area (Å²) in [6, 6.07) is 2.25. The van der Waals surface area contributed by atoms with Crippen molar-refractivity contribution < 1.29 is 27.3 Å². The van der Waals surface area contributed by atoms with Gasteiger partial charge in [-0.2, -0.15) is 8.42 Å². The van der Waals surface area contributed by atoms with Crippen LogP contribution >= 0.6 is 23.2 Å². The Morgan fingerprint density at radius 3 is 2.40 bits per heavy atom. The summed E-state index contributed by atoms with van der Waals surface area (Å²) in [4.78, 5) is 11.0. The lowest BCUT2D eigenvalue weighted by molar-refractivity contribution is 0.0697. The number of carboxylic acids is 1. The Bertz CT molecular complexity index is 622. The maximum Gasteiger partial charge on any atom is 0.360 e. The van der Waals surface area contributed by atoms with E-state index >= 15 is 0 Å². The summed E-state index contributed by atoms with van der Waals surface area (Å²) in [5.41, 5.74) is -0.788. The zero-order chi connectivity index (χ0) is 15.5. The number of aromatic carboxylic acids is 1. The summed E-state index contributed by atoms with van der Waals surface area (Å²) in [5.74, 6) is -1.46. The highest BCUT2D eigenvalue weighted by atomic mass is 35.5. The van der Waals surface area contributed by atoms with Crippen LogP contribution in [0.1, 0.15) is 16.8 Å². The number of hydrogen-bond acceptors (Lipinski definition) is 3. The van der Waals surface area contributed by atoms with E-state index in [9.17, 15) is 17.6 Å². The summed E-state index contributed by atoms with van der Waals surface area (Å²) in [5, 5.41) is 8.33. The molecule has 0 amide bonds. The standard InChI is InChI=1S/C10H10Cl2FNO5S/c11-6-2-3-7(9(12)8(6)10(15)16)14(5-1-4-13)20(17,18)19/h2-3H,1,4-5H2,(H,15,16)(H,17,18,19). The molecule has 1 aromatic carbocycles. The molecule has 0 unspecified atom stereocenters. The number of anilines is 1. The van der Waals surface area contributed by atoms with Crippen molar-refractivity contribution in [3.63, 3.8) is 0 Å². The molecule has 0 aliphatic rings. The van der Waals surface area contributed by atoms with Crippen molar-refractivity contribution in [1.82, 2.24) is 0 Å². The molecule has 0 atom stereocenters. The van der Waals surface area contributed by atoms with Crippen LogP contribution in [0.4, 0.5) is 10.1 Å². The van der Waals surface area contributed by atoms with Crippen LogP contribution in [0.2, 0.25) is 10.0 Å². The molecular formula is C10H10Cl2FNO5S. The molecule has 6 nitrogen and oxygen atoms in total. The van der Waals surface area contributed by atoms with Gasteiger partial charge in [-0.25, -0.2) is 9.10 Å². The second kappa shape index (κ2) is 6.57. The number of halogens is 3. The highest BCUT2D eigenvalue weighted by Gasteiger charge is 2.26. The molecule has 112 valence electrons. The summed E-state index contributed by atoms with van der Waals surface area (Å²) in [6.45, 7) is -1.21. The Morgan fingerprint density at radius 1 is 1.35 bits per heavy atom. The molecule has 0 radical (unpaired) electrons. The van der Waals surface area contributed by atoms with Crippen LogP contribution in [-0.4, -0.2) is 37.3 Å². The predicted molar refractivity (Wildman–Crippen MR) is 72.9 cm³/mol. The number of alkyl halides is 1. The van der Waals surface area contributed by atoms with E-state index in [0.717, 1.165) is 12.1 Å². The first-order valence-corrected chi connectivity index (χ1v) is 7.37. The Hall–Kier alpha value is -1.09. The van der Waals surface area contributed by atoms with Crippen LogP contribution < -0.4 is 4.31 Å². The molecule has 10 heteroatoms. The number of nitrogens with zero attached hydrogens (tertiary/aromatic N) is 1. The molecule has 0 saturated heterocycles. The quantitative estimate of drug-likeness (QED) is 0.772. The fraction of sp³-hybridized carbons (Fsp3) is 0.300. The monoisotopic (exact) mass is 345 g/mol. The molecule has 1 aromatic rings. The largest absolute Gasteiger partial charge is 0.478 e. The van der Waals surface area contributed by atoms with Crippen molar-refractivity contribution in [1.29, 1.82) is 0 Å².